The van der Waals surface area contributed by atoms with E-state index in [0.717, 1.165) is 19.6 Å². The largest absolute Gasteiger partial charge is 0.375 e. The van der Waals surface area contributed by atoms with Crippen LogP contribution in [0.4, 0.5) is 5.13 Å². The molecule has 6 heteroatoms. The van der Waals surface area contributed by atoms with Gasteiger partial charge in [0.05, 0.1) is 6.20 Å². The van der Waals surface area contributed by atoms with Crippen LogP contribution in [-0.2, 0) is 0 Å². The van der Waals surface area contributed by atoms with Crippen LogP contribution < -0.4 is 11.1 Å². The Bertz CT molecular complexity index is 387. The van der Waals surface area contributed by atoms with Crippen molar-refractivity contribution < 1.29 is 4.79 Å². The van der Waals surface area contributed by atoms with E-state index in [2.05, 4.69) is 10.3 Å². The average molecular weight is 254 g/mol. The molecule has 17 heavy (non-hydrogen) atoms. The van der Waals surface area contributed by atoms with E-state index in [1.807, 2.05) is 7.05 Å². The topological polar surface area (TPSA) is 71.2 Å². The molecule has 2 heterocycles. The number of amides is 1. The molecule has 1 aliphatic rings. The summed E-state index contributed by atoms with van der Waals surface area (Å²) in [6.45, 7) is 2.89. The molecule has 1 aromatic heterocycles. The number of aromatic nitrogens is 1. The van der Waals surface area contributed by atoms with Crippen LogP contribution >= 0.6 is 11.3 Å². The molecule has 1 amide bonds. The number of carbonyl (C=O) groups excluding carboxylic acids is 1. The fourth-order valence-electron chi connectivity index (χ4n) is 2.12. The van der Waals surface area contributed by atoms with Gasteiger partial charge in [0, 0.05) is 13.6 Å². The highest BCUT2D eigenvalue weighted by Crippen LogP contribution is 2.18. The van der Waals surface area contributed by atoms with Gasteiger partial charge in [0.1, 0.15) is 4.88 Å². The van der Waals surface area contributed by atoms with Crippen molar-refractivity contribution in [1.29, 1.82) is 0 Å². The fourth-order valence-corrected chi connectivity index (χ4v) is 2.80. The molecule has 0 bridgehead atoms. The summed E-state index contributed by atoms with van der Waals surface area (Å²) in [5.41, 5.74) is 5.53. The summed E-state index contributed by atoms with van der Waals surface area (Å²) in [7, 11) is 1.84. The van der Waals surface area contributed by atoms with Crippen molar-refractivity contribution in [2.45, 2.75) is 12.8 Å². The molecule has 0 aromatic carbocycles. The van der Waals surface area contributed by atoms with E-state index in [9.17, 15) is 4.79 Å². The van der Waals surface area contributed by atoms with Crippen molar-refractivity contribution in [1.82, 2.24) is 15.2 Å². The summed E-state index contributed by atoms with van der Waals surface area (Å²) in [6, 6.07) is 0. The maximum atomic E-state index is 12.1. The van der Waals surface area contributed by atoms with Crippen LogP contribution in [0.15, 0.2) is 6.20 Å². The quantitative estimate of drug-likeness (QED) is 0.837. The Kier molecular flexibility index (Phi) is 3.96. The van der Waals surface area contributed by atoms with Crippen molar-refractivity contribution in [3.05, 3.63) is 11.1 Å². The van der Waals surface area contributed by atoms with Gasteiger partial charge in [-0.25, -0.2) is 4.98 Å². The molecule has 5 nitrogen and oxygen atoms in total. The number of nitrogens with zero attached hydrogens (tertiary/aromatic N) is 2. The number of nitrogens with one attached hydrogen (secondary N) is 1. The first-order valence-corrected chi connectivity index (χ1v) is 6.66. The fraction of sp³-hybridized carbons (Fsp3) is 0.636. The van der Waals surface area contributed by atoms with Crippen molar-refractivity contribution in [2.75, 3.05) is 32.4 Å². The number of thiazole rings is 1. The smallest absolute Gasteiger partial charge is 0.265 e. The molecule has 0 aliphatic carbocycles. The Morgan fingerprint density at radius 1 is 1.76 bits per heavy atom. The molecular weight excluding hydrogens is 236 g/mol. The highest BCUT2D eigenvalue weighted by atomic mass is 32.1. The number of rotatable bonds is 3. The predicted octanol–water partition coefficient (Wildman–Crippen LogP) is 0.797. The first kappa shape index (κ1) is 12.3. The summed E-state index contributed by atoms with van der Waals surface area (Å²) in [5, 5.41) is 3.80. The Morgan fingerprint density at radius 3 is 3.18 bits per heavy atom. The molecule has 1 aromatic rings. The Morgan fingerprint density at radius 2 is 2.59 bits per heavy atom. The van der Waals surface area contributed by atoms with Crippen LogP contribution in [0.2, 0.25) is 0 Å². The summed E-state index contributed by atoms with van der Waals surface area (Å²) in [6.07, 6.45) is 3.94. The summed E-state index contributed by atoms with van der Waals surface area (Å²) in [4.78, 5) is 18.3. The summed E-state index contributed by atoms with van der Waals surface area (Å²) >= 11 is 1.25. The Hall–Kier alpha value is -1.14. The van der Waals surface area contributed by atoms with Crippen LogP contribution in [0.3, 0.4) is 0 Å². The lowest BCUT2D eigenvalue weighted by atomic mass is 9.99. The zero-order valence-corrected chi connectivity index (χ0v) is 10.8. The predicted molar refractivity (Wildman–Crippen MR) is 69.1 cm³/mol. The van der Waals surface area contributed by atoms with E-state index >= 15 is 0 Å². The van der Waals surface area contributed by atoms with Crippen LogP contribution in [-0.4, -0.2) is 42.5 Å². The van der Waals surface area contributed by atoms with Gasteiger partial charge in [-0.1, -0.05) is 11.3 Å². The van der Waals surface area contributed by atoms with Crippen LogP contribution in [0.5, 0.6) is 0 Å². The molecule has 1 fully saturated rings. The molecule has 0 saturated carbocycles. The van der Waals surface area contributed by atoms with Gasteiger partial charge >= 0.3 is 0 Å². The third-order valence-corrected chi connectivity index (χ3v) is 3.83. The Labute approximate surface area is 105 Å². The SMILES string of the molecule is CN(C[C@H]1CCCNC1)C(=O)c1cnc(N)s1. The lowest BCUT2D eigenvalue weighted by molar-refractivity contribution is 0.0769. The van der Waals surface area contributed by atoms with Crippen molar-refractivity contribution in [3.63, 3.8) is 0 Å². The second kappa shape index (κ2) is 5.46. The molecule has 1 saturated heterocycles. The van der Waals surface area contributed by atoms with Crippen molar-refractivity contribution in [3.8, 4) is 0 Å². The first-order valence-electron chi connectivity index (χ1n) is 5.84. The van der Waals surface area contributed by atoms with E-state index in [0.29, 0.717) is 15.9 Å². The van der Waals surface area contributed by atoms with E-state index in [1.54, 1.807) is 11.1 Å². The van der Waals surface area contributed by atoms with Crippen LogP contribution in [0.25, 0.3) is 0 Å². The first-order chi connectivity index (χ1) is 8.16. The number of anilines is 1. The third kappa shape index (κ3) is 3.17. The average Bonchev–Trinajstić information content (AvgIpc) is 2.76. The zero-order valence-electron chi connectivity index (χ0n) is 9.98. The lowest BCUT2D eigenvalue weighted by Crippen LogP contribution is -2.38. The minimum Gasteiger partial charge on any atom is -0.375 e. The molecule has 3 N–H and O–H groups in total. The van der Waals surface area contributed by atoms with Crippen LogP contribution in [0.1, 0.15) is 22.5 Å². The number of piperidine rings is 1. The molecular formula is C11H18N4OS. The van der Waals surface area contributed by atoms with E-state index in [1.165, 1.54) is 24.2 Å². The number of hydrogen-bond donors (Lipinski definition) is 2. The second-order valence-electron chi connectivity index (χ2n) is 4.46. The number of carbonyl (C=O) groups is 1. The van der Waals surface area contributed by atoms with Gasteiger partial charge < -0.3 is 16.0 Å². The van der Waals surface area contributed by atoms with Gasteiger partial charge in [0.15, 0.2) is 5.13 Å². The highest BCUT2D eigenvalue weighted by Gasteiger charge is 2.20. The highest BCUT2D eigenvalue weighted by molar-refractivity contribution is 7.17. The van der Waals surface area contributed by atoms with Gasteiger partial charge in [0.25, 0.3) is 5.91 Å². The lowest BCUT2D eigenvalue weighted by Gasteiger charge is -2.27. The van der Waals surface area contributed by atoms with Gasteiger partial charge in [-0.3, -0.25) is 4.79 Å². The molecule has 0 radical (unpaired) electrons. The molecule has 94 valence electrons. The van der Waals surface area contributed by atoms with Gasteiger partial charge in [-0.2, -0.15) is 0 Å². The van der Waals surface area contributed by atoms with Gasteiger partial charge in [0.2, 0.25) is 0 Å². The molecule has 1 atom stereocenters. The standard InChI is InChI=1S/C11H18N4OS/c1-15(7-8-3-2-4-13-5-8)10(16)9-6-14-11(12)17-9/h6,8,13H,2-5,7H2,1H3,(H2,12,14)/t8-/m0/s1. The molecule has 2 rings (SSSR count). The minimum absolute atomic E-state index is 0.0183. The Balaban J connectivity index is 1.90. The maximum Gasteiger partial charge on any atom is 0.265 e. The monoisotopic (exact) mass is 254 g/mol. The van der Waals surface area contributed by atoms with Crippen molar-refractivity contribution in [2.24, 2.45) is 5.92 Å². The van der Waals surface area contributed by atoms with E-state index in [4.69, 9.17) is 5.73 Å². The minimum atomic E-state index is 0.0183. The van der Waals surface area contributed by atoms with E-state index < -0.39 is 0 Å². The number of nitrogen functional groups attached to an aromatic ring is 1. The maximum absolute atomic E-state index is 12.1. The number of nitrogens with two attached hydrogens (primary N) is 1. The van der Waals surface area contributed by atoms with Gasteiger partial charge in [-0.05, 0) is 31.8 Å². The molecule has 0 unspecified atom stereocenters. The van der Waals surface area contributed by atoms with E-state index in [-0.39, 0.29) is 5.91 Å². The molecule has 1 aliphatic heterocycles. The second-order valence-corrected chi connectivity index (χ2v) is 5.52. The normalized spacial score (nSPS) is 20.2. The number of hydrogen-bond acceptors (Lipinski definition) is 5. The summed E-state index contributed by atoms with van der Waals surface area (Å²) in [5.74, 6) is 0.577. The third-order valence-electron chi connectivity index (χ3n) is 3.01. The molecule has 0 spiro atoms. The van der Waals surface area contributed by atoms with Crippen LogP contribution in [0, 0.1) is 5.92 Å². The summed E-state index contributed by atoms with van der Waals surface area (Å²) < 4.78 is 0. The zero-order chi connectivity index (χ0) is 12.3. The van der Waals surface area contributed by atoms with Gasteiger partial charge in [-0.15, -0.1) is 0 Å². The van der Waals surface area contributed by atoms with Crippen molar-refractivity contribution >= 4 is 22.4 Å².